The summed E-state index contributed by atoms with van der Waals surface area (Å²) in [5, 5.41) is 1.69. The fourth-order valence-corrected chi connectivity index (χ4v) is 4.98. The predicted octanol–water partition coefficient (Wildman–Crippen LogP) is 3.97. The number of nitrogens with zero attached hydrogens (tertiary/aromatic N) is 1. The van der Waals surface area contributed by atoms with Gasteiger partial charge in [0, 0.05) is 41.1 Å². The van der Waals surface area contributed by atoms with Crippen LogP contribution in [0.25, 0.3) is 10.9 Å². The molecule has 1 N–H and O–H groups in total. The summed E-state index contributed by atoms with van der Waals surface area (Å²) >= 11 is 6.06. The van der Waals surface area contributed by atoms with E-state index < -0.39 is 10.0 Å². The molecule has 4 rings (SSSR count). The number of fused-ring (bicyclic) bond motifs is 3. The van der Waals surface area contributed by atoms with Crippen LogP contribution in [0.2, 0.25) is 5.02 Å². The average molecular weight is 391 g/mol. The monoisotopic (exact) mass is 390 g/mol. The van der Waals surface area contributed by atoms with Crippen molar-refractivity contribution >= 4 is 32.5 Å². The van der Waals surface area contributed by atoms with Crippen LogP contribution >= 0.6 is 11.6 Å². The second-order valence-electron chi connectivity index (χ2n) is 6.27. The van der Waals surface area contributed by atoms with E-state index in [1.165, 1.54) is 4.31 Å². The van der Waals surface area contributed by atoms with Crippen LogP contribution in [0.1, 0.15) is 18.2 Å². The molecule has 0 saturated heterocycles. The van der Waals surface area contributed by atoms with Crippen LogP contribution in [0.15, 0.2) is 47.4 Å². The van der Waals surface area contributed by atoms with Crippen molar-refractivity contribution in [1.82, 2.24) is 9.29 Å². The van der Waals surface area contributed by atoms with E-state index in [9.17, 15) is 8.42 Å². The lowest BCUT2D eigenvalue weighted by Gasteiger charge is -2.26. The van der Waals surface area contributed by atoms with Gasteiger partial charge in [-0.05, 0) is 48.9 Å². The normalized spacial score (nSPS) is 15.2. The highest BCUT2D eigenvalue weighted by Crippen LogP contribution is 2.32. The largest absolute Gasteiger partial charge is 0.494 e. The van der Waals surface area contributed by atoms with Crippen molar-refractivity contribution in [2.75, 3.05) is 13.2 Å². The van der Waals surface area contributed by atoms with E-state index >= 15 is 0 Å². The Labute approximate surface area is 157 Å². The first kappa shape index (κ1) is 17.4. The number of rotatable bonds is 4. The molecule has 0 bridgehead atoms. The molecular weight excluding hydrogens is 372 g/mol. The van der Waals surface area contributed by atoms with Gasteiger partial charge < -0.3 is 9.72 Å². The van der Waals surface area contributed by atoms with Gasteiger partial charge in [0.1, 0.15) is 5.75 Å². The van der Waals surface area contributed by atoms with Gasteiger partial charge in [-0.2, -0.15) is 4.31 Å². The Morgan fingerprint density at radius 3 is 2.69 bits per heavy atom. The van der Waals surface area contributed by atoms with Crippen molar-refractivity contribution in [2.45, 2.75) is 24.8 Å². The van der Waals surface area contributed by atoms with Crippen molar-refractivity contribution in [3.8, 4) is 5.75 Å². The third kappa shape index (κ3) is 2.98. The molecule has 5 nitrogen and oxygen atoms in total. The smallest absolute Gasteiger partial charge is 0.243 e. The molecule has 0 fully saturated rings. The summed E-state index contributed by atoms with van der Waals surface area (Å²) in [5.74, 6) is 0.667. The lowest BCUT2D eigenvalue weighted by Crippen LogP contribution is -2.35. The van der Waals surface area contributed by atoms with Crippen LogP contribution in [0.4, 0.5) is 0 Å². The molecule has 0 saturated carbocycles. The van der Waals surface area contributed by atoms with Crippen LogP contribution in [0, 0.1) is 0 Å². The summed E-state index contributed by atoms with van der Waals surface area (Å²) in [6.45, 7) is 3.24. The Morgan fingerprint density at radius 2 is 1.96 bits per heavy atom. The zero-order valence-corrected chi connectivity index (χ0v) is 15.9. The van der Waals surface area contributed by atoms with Gasteiger partial charge in [-0.3, -0.25) is 0 Å². The van der Waals surface area contributed by atoms with Crippen molar-refractivity contribution in [3.63, 3.8) is 0 Å². The molecular formula is C19H19ClN2O3S. The summed E-state index contributed by atoms with van der Waals surface area (Å²) in [7, 11) is -3.55. The van der Waals surface area contributed by atoms with Crippen molar-refractivity contribution in [2.24, 2.45) is 0 Å². The first-order valence-electron chi connectivity index (χ1n) is 8.51. The number of hydrogen-bond donors (Lipinski definition) is 1. The van der Waals surface area contributed by atoms with Gasteiger partial charge in [0.25, 0.3) is 0 Å². The first-order chi connectivity index (χ1) is 12.5. The molecule has 1 aliphatic heterocycles. The van der Waals surface area contributed by atoms with Gasteiger partial charge in [-0.1, -0.05) is 17.7 Å². The Balaban J connectivity index is 1.66. The average Bonchev–Trinajstić information content (AvgIpc) is 2.99. The first-order valence-corrected chi connectivity index (χ1v) is 10.3. The number of aromatic amines is 1. The highest BCUT2D eigenvalue weighted by atomic mass is 35.5. The van der Waals surface area contributed by atoms with E-state index in [1.54, 1.807) is 24.3 Å². The molecule has 2 aromatic carbocycles. The molecule has 0 radical (unpaired) electrons. The molecule has 136 valence electrons. The minimum atomic E-state index is -3.55. The van der Waals surface area contributed by atoms with Gasteiger partial charge in [-0.15, -0.1) is 0 Å². The van der Waals surface area contributed by atoms with Gasteiger partial charge in [0.2, 0.25) is 10.0 Å². The molecule has 0 aliphatic carbocycles. The molecule has 0 amide bonds. The number of nitrogens with one attached hydrogen (secondary N) is 1. The van der Waals surface area contributed by atoms with Crippen molar-refractivity contribution in [3.05, 3.63) is 58.7 Å². The molecule has 26 heavy (non-hydrogen) atoms. The van der Waals surface area contributed by atoms with E-state index in [0.29, 0.717) is 36.9 Å². The highest BCUT2D eigenvalue weighted by molar-refractivity contribution is 7.89. The lowest BCUT2D eigenvalue weighted by atomic mass is 10.1. The van der Waals surface area contributed by atoms with Gasteiger partial charge in [0.05, 0.1) is 11.5 Å². The fraction of sp³-hybridized carbons (Fsp3) is 0.263. The second-order valence-corrected chi connectivity index (χ2v) is 8.64. The molecule has 0 unspecified atom stereocenters. The molecule has 3 aromatic rings. The van der Waals surface area contributed by atoms with Crippen LogP contribution in [0.5, 0.6) is 5.75 Å². The van der Waals surface area contributed by atoms with E-state index in [1.807, 2.05) is 25.1 Å². The van der Waals surface area contributed by atoms with Crippen LogP contribution in [0.3, 0.4) is 0 Å². The van der Waals surface area contributed by atoms with Crippen molar-refractivity contribution < 1.29 is 13.2 Å². The topological polar surface area (TPSA) is 62.4 Å². The number of ether oxygens (including phenoxy) is 1. The van der Waals surface area contributed by atoms with Gasteiger partial charge >= 0.3 is 0 Å². The van der Waals surface area contributed by atoms with Crippen LogP contribution in [-0.4, -0.2) is 30.9 Å². The Morgan fingerprint density at radius 1 is 1.19 bits per heavy atom. The standard InChI is InChI=1S/C19H19ClN2O3S/c1-2-25-14-4-6-15(7-5-14)26(23,24)22-10-9-18-17(12-22)16-8-3-13(20)11-19(16)21-18/h3-8,11,21H,2,9-10,12H2,1H3. The summed E-state index contributed by atoms with van der Waals surface area (Å²) in [6.07, 6.45) is 0.651. The molecule has 2 heterocycles. The number of benzene rings is 2. The maximum atomic E-state index is 13.0. The molecule has 1 aromatic heterocycles. The number of hydrogen-bond acceptors (Lipinski definition) is 3. The van der Waals surface area contributed by atoms with E-state index in [4.69, 9.17) is 16.3 Å². The Bertz CT molecular complexity index is 1060. The number of sulfonamides is 1. The third-order valence-corrected chi connectivity index (χ3v) is 6.77. The second kappa shape index (κ2) is 6.61. The van der Waals surface area contributed by atoms with E-state index in [2.05, 4.69) is 4.98 Å². The molecule has 0 spiro atoms. The minimum absolute atomic E-state index is 0.285. The van der Waals surface area contributed by atoms with Crippen LogP contribution < -0.4 is 4.74 Å². The Kier molecular flexibility index (Phi) is 4.42. The van der Waals surface area contributed by atoms with E-state index in [0.717, 1.165) is 22.2 Å². The predicted molar refractivity (Wildman–Crippen MR) is 102 cm³/mol. The van der Waals surface area contributed by atoms with E-state index in [-0.39, 0.29) is 4.90 Å². The van der Waals surface area contributed by atoms with Gasteiger partial charge in [-0.25, -0.2) is 8.42 Å². The zero-order valence-electron chi connectivity index (χ0n) is 14.3. The summed E-state index contributed by atoms with van der Waals surface area (Å²) < 4.78 is 33.0. The minimum Gasteiger partial charge on any atom is -0.494 e. The Hall–Kier alpha value is -2.02. The maximum absolute atomic E-state index is 13.0. The highest BCUT2D eigenvalue weighted by Gasteiger charge is 2.30. The maximum Gasteiger partial charge on any atom is 0.243 e. The summed E-state index contributed by atoms with van der Waals surface area (Å²) in [4.78, 5) is 3.65. The number of H-pyrrole nitrogens is 1. The fourth-order valence-electron chi connectivity index (χ4n) is 3.40. The van der Waals surface area contributed by atoms with Crippen molar-refractivity contribution in [1.29, 1.82) is 0 Å². The molecule has 1 aliphatic rings. The SMILES string of the molecule is CCOc1ccc(S(=O)(=O)N2CCc3[nH]c4cc(Cl)ccc4c3C2)cc1. The summed E-state index contributed by atoms with van der Waals surface area (Å²) in [5.41, 5.74) is 3.06. The quantitative estimate of drug-likeness (QED) is 0.733. The third-order valence-electron chi connectivity index (χ3n) is 4.67. The summed E-state index contributed by atoms with van der Waals surface area (Å²) in [6, 6.07) is 12.2. The zero-order chi connectivity index (χ0) is 18.3. The number of aromatic nitrogens is 1. The lowest BCUT2D eigenvalue weighted by molar-refractivity contribution is 0.340. The molecule has 7 heteroatoms. The van der Waals surface area contributed by atoms with Gasteiger partial charge in [0.15, 0.2) is 0 Å². The van der Waals surface area contributed by atoms with Crippen LogP contribution in [-0.2, 0) is 23.0 Å². The molecule has 0 atom stereocenters. The number of halogens is 1.